The van der Waals surface area contributed by atoms with Crippen LogP contribution in [-0.4, -0.2) is 27.8 Å². The third kappa shape index (κ3) is 5.46. The van der Waals surface area contributed by atoms with E-state index in [4.69, 9.17) is 14.5 Å². The molecule has 0 saturated heterocycles. The van der Waals surface area contributed by atoms with Gasteiger partial charge in [0.1, 0.15) is 18.2 Å². The van der Waals surface area contributed by atoms with Crippen LogP contribution in [0, 0.1) is 5.92 Å². The average Bonchev–Trinajstić information content (AvgIpc) is 3.11. The maximum Gasteiger partial charge on any atom is 0.387 e. The number of nitrogens with one attached hydrogen (secondary N) is 1. The van der Waals surface area contributed by atoms with Crippen LogP contribution in [0.1, 0.15) is 25.2 Å². The van der Waals surface area contributed by atoms with Gasteiger partial charge in [-0.05, 0) is 41.3 Å². The van der Waals surface area contributed by atoms with Crippen molar-refractivity contribution < 1.29 is 18.3 Å². The summed E-state index contributed by atoms with van der Waals surface area (Å²) in [6.45, 7) is 2.38. The van der Waals surface area contributed by atoms with Crippen molar-refractivity contribution in [3.63, 3.8) is 0 Å². The van der Waals surface area contributed by atoms with E-state index in [0.717, 1.165) is 22.2 Å². The summed E-state index contributed by atoms with van der Waals surface area (Å²) in [5, 5.41) is 0. The smallest absolute Gasteiger partial charge is 0.387 e. The molecule has 8 heteroatoms. The van der Waals surface area contributed by atoms with Crippen molar-refractivity contribution in [3.8, 4) is 16.9 Å². The fraction of sp³-hybridized carbons (Fsp3) is 0.280. The normalized spacial score (nSPS) is 11.6. The van der Waals surface area contributed by atoms with Crippen LogP contribution >= 0.6 is 0 Å². The lowest BCUT2D eigenvalue weighted by Gasteiger charge is -2.14. The summed E-state index contributed by atoms with van der Waals surface area (Å²) in [5.41, 5.74) is 3.77. The average molecular weight is 453 g/mol. The minimum Gasteiger partial charge on any atom is -0.434 e. The van der Waals surface area contributed by atoms with Crippen LogP contribution in [0.2, 0.25) is 0 Å². The maximum atomic E-state index is 12.9. The summed E-state index contributed by atoms with van der Waals surface area (Å²) < 4.78 is 38.4. The minimum absolute atomic E-state index is 0.125. The van der Waals surface area contributed by atoms with E-state index in [0.29, 0.717) is 30.5 Å². The fourth-order valence-corrected chi connectivity index (χ4v) is 3.63. The van der Waals surface area contributed by atoms with Gasteiger partial charge in [0.2, 0.25) is 5.56 Å². The van der Waals surface area contributed by atoms with E-state index in [2.05, 4.69) is 18.8 Å². The summed E-state index contributed by atoms with van der Waals surface area (Å²) in [7, 11) is 0. The molecule has 0 aliphatic rings. The van der Waals surface area contributed by atoms with Gasteiger partial charge in [0.25, 0.3) is 0 Å². The number of aromatic nitrogens is 3. The first-order chi connectivity index (χ1) is 15.9. The summed E-state index contributed by atoms with van der Waals surface area (Å²) >= 11 is 0. The standard InChI is InChI=1S/C25H25F2N3O3/c1-16(2)14-32-15-23-29-20-9-7-17(18-8-10-24(31)28-12-18)11-21(20)30(23)13-19-5-3-4-6-22(19)33-25(26)27/h3-12,16,25H,13-15H2,1-2H3,(H,28,31). The zero-order valence-electron chi connectivity index (χ0n) is 18.4. The van der Waals surface area contributed by atoms with Crippen LogP contribution in [0.25, 0.3) is 22.2 Å². The lowest BCUT2D eigenvalue weighted by atomic mass is 10.1. The second-order valence-corrected chi connectivity index (χ2v) is 8.15. The van der Waals surface area contributed by atoms with Gasteiger partial charge in [-0.25, -0.2) is 4.98 Å². The largest absolute Gasteiger partial charge is 0.434 e. The van der Waals surface area contributed by atoms with Crippen molar-refractivity contribution in [1.82, 2.24) is 14.5 Å². The van der Waals surface area contributed by atoms with Crippen LogP contribution < -0.4 is 10.3 Å². The Labute approximate surface area is 189 Å². The van der Waals surface area contributed by atoms with E-state index in [1.54, 1.807) is 30.5 Å². The zero-order chi connectivity index (χ0) is 23.4. The second kappa shape index (κ2) is 9.95. The lowest BCUT2D eigenvalue weighted by Crippen LogP contribution is -2.11. The van der Waals surface area contributed by atoms with Gasteiger partial charge >= 0.3 is 6.61 Å². The van der Waals surface area contributed by atoms with E-state index in [-0.39, 0.29) is 17.9 Å². The van der Waals surface area contributed by atoms with Crippen LogP contribution in [-0.2, 0) is 17.9 Å². The number of aromatic amines is 1. The van der Waals surface area contributed by atoms with Crippen molar-refractivity contribution in [1.29, 1.82) is 0 Å². The van der Waals surface area contributed by atoms with Gasteiger partial charge in [0, 0.05) is 24.4 Å². The van der Waals surface area contributed by atoms with Gasteiger partial charge in [0.15, 0.2) is 0 Å². The molecule has 0 amide bonds. The molecule has 2 heterocycles. The molecule has 0 radical (unpaired) electrons. The van der Waals surface area contributed by atoms with Crippen LogP contribution in [0.3, 0.4) is 0 Å². The van der Waals surface area contributed by atoms with Crippen LogP contribution in [0.5, 0.6) is 5.75 Å². The third-order valence-corrected chi connectivity index (χ3v) is 5.14. The molecule has 0 spiro atoms. The van der Waals surface area contributed by atoms with Gasteiger partial charge < -0.3 is 19.0 Å². The number of nitrogens with zero attached hydrogens (tertiary/aromatic N) is 2. The molecule has 172 valence electrons. The van der Waals surface area contributed by atoms with Crippen molar-refractivity contribution >= 4 is 11.0 Å². The molecule has 0 bridgehead atoms. The number of pyridine rings is 1. The third-order valence-electron chi connectivity index (χ3n) is 5.14. The Balaban J connectivity index is 1.77. The van der Waals surface area contributed by atoms with E-state index in [1.165, 1.54) is 12.1 Å². The van der Waals surface area contributed by atoms with E-state index < -0.39 is 6.61 Å². The molecule has 1 N–H and O–H groups in total. The van der Waals surface area contributed by atoms with Gasteiger partial charge in [-0.15, -0.1) is 0 Å². The van der Waals surface area contributed by atoms with Gasteiger partial charge in [-0.2, -0.15) is 8.78 Å². The number of para-hydroxylation sites is 1. The number of fused-ring (bicyclic) bond motifs is 1. The van der Waals surface area contributed by atoms with Gasteiger partial charge in [-0.1, -0.05) is 38.1 Å². The highest BCUT2D eigenvalue weighted by molar-refractivity contribution is 5.82. The van der Waals surface area contributed by atoms with Crippen LogP contribution in [0.15, 0.2) is 65.6 Å². The van der Waals surface area contributed by atoms with Gasteiger partial charge in [0.05, 0.1) is 17.6 Å². The predicted octanol–water partition coefficient (Wildman–Crippen LogP) is 5.21. The minimum atomic E-state index is -2.91. The van der Waals surface area contributed by atoms with E-state index in [9.17, 15) is 13.6 Å². The first kappa shape index (κ1) is 22.7. The highest BCUT2D eigenvalue weighted by Gasteiger charge is 2.16. The Morgan fingerprint density at radius 1 is 1.06 bits per heavy atom. The molecule has 0 fully saturated rings. The van der Waals surface area contributed by atoms with Crippen molar-refractivity contribution in [2.45, 2.75) is 33.6 Å². The summed E-state index contributed by atoms with van der Waals surface area (Å²) in [5.74, 6) is 1.19. The number of halogens is 2. The number of ether oxygens (including phenoxy) is 2. The Kier molecular flexibility index (Phi) is 6.84. The van der Waals surface area contributed by atoms with E-state index >= 15 is 0 Å². The zero-order valence-corrected chi connectivity index (χ0v) is 18.4. The van der Waals surface area contributed by atoms with Crippen molar-refractivity contribution in [2.75, 3.05) is 6.61 Å². The predicted molar refractivity (Wildman–Crippen MR) is 122 cm³/mol. The Bertz CT molecular complexity index is 1280. The first-order valence-corrected chi connectivity index (χ1v) is 10.7. The molecule has 2 aromatic heterocycles. The Hall–Kier alpha value is -3.52. The summed E-state index contributed by atoms with van der Waals surface area (Å²) in [4.78, 5) is 18.9. The number of rotatable bonds is 9. The second-order valence-electron chi connectivity index (χ2n) is 8.15. The molecule has 0 saturated carbocycles. The monoisotopic (exact) mass is 453 g/mol. The SMILES string of the molecule is CC(C)COCc1nc2ccc(-c3ccc(=O)[nH]c3)cc2n1Cc1ccccc1OC(F)F. The lowest BCUT2D eigenvalue weighted by molar-refractivity contribution is -0.0504. The highest BCUT2D eigenvalue weighted by atomic mass is 19.3. The maximum absolute atomic E-state index is 12.9. The molecule has 4 aromatic rings. The molecule has 2 aromatic carbocycles. The number of benzene rings is 2. The summed E-state index contributed by atoms with van der Waals surface area (Å²) in [6, 6.07) is 15.8. The van der Waals surface area contributed by atoms with Crippen molar-refractivity contribution in [3.05, 3.63) is 82.5 Å². The molecule has 0 unspecified atom stereocenters. The molecule has 33 heavy (non-hydrogen) atoms. The quantitative estimate of drug-likeness (QED) is 0.378. The van der Waals surface area contributed by atoms with Crippen LogP contribution in [0.4, 0.5) is 8.78 Å². The Morgan fingerprint density at radius 2 is 1.85 bits per heavy atom. The summed E-state index contributed by atoms with van der Waals surface area (Å²) in [6.07, 6.45) is 1.66. The number of H-pyrrole nitrogens is 1. The molecule has 4 rings (SSSR count). The number of imidazole rings is 1. The number of hydrogen-bond donors (Lipinski definition) is 1. The molecule has 0 aliphatic heterocycles. The topological polar surface area (TPSA) is 69.1 Å². The number of hydrogen-bond acceptors (Lipinski definition) is 4. The Morgan fingerprint density at radius 3 is 2.58 bits per heavy atom. The molecule has 0 aliphatic carbocycles. The molecule has 6 nitrogen and oxygen atoms in total. The van der Waals surface area contributed by atoms with Gasteiger partial charge in [-0.3, -0.25) is 4.79 Å². The number of alkyl halides is 2. The molecule has 0 atom stereocenters. The molecular weight excluding hydrogens is 428 g/mol. The molecular formula is C25H25F2N3O3. The highest BCUT2D eigenvalue weighted by Crippen LogP contribution is 2.28. The first-order valence-electron chi connectivity index (χ1n) is 10.7. The fourth-order valence-electron chi connectivity index (χ4n) is 3.63. The van der Waals surface area contributed by atoms with E-state index in [1.807, 2.05) is 22.8 Å². The van der Waals surface area contributed by atoms with Crippen molar-refractivity contribution in [2.24, 2.45) is 5.92 Å².